The maximum atomic E-state index is 11.6. The largest absolute Gasteiger partial charge is 0.486 e. The number of hydrogen-bond donors (Lipinski definition) is 1. The molecular weight excluding hydrogens is 284 g/mol. The van der Waals surface area contributed by atoms with Gasteiger partial charge in [0.25, 0.3) is 0 Å². The van der Waals surface area contributed by atoms with Gasteiger partial charge in [-0.15, -0.1) is 0 Å². The number of aromatic carboxylic acids is 1. The molecular formula is C16H24N2O4. The van der Waals surface area contributed by atoms with Gasteiger partial charge in [-0.25, -0.2) is 4.79 Å². The van der Waals surface area contributed by atoms with Gasteiger partial charge in [0.15, 0.2) is 11.4 Å². The number of carboxylic acids is 1. The molecule has 1 aromatic heterocycles. The van der Waals surface area contributed by atoms with Crippen molar-refractivity contribution in [2.75, 3.05) is 13.2 Å². The molecule has 1 aliphatic carbocycles. The highest BCUT2D eigenvalue weighted by Gasteiger charge is 2.25. The molecule has 6 heteroatoms. The van der Waals surface area contributed by atoms with E-state index in [1.165, 1.54) is 6.42 Å². The Labute approximate surface area is 130 Å². The normalized spacial score (nSPS) is 23.4. The van der Waals surface area contributed by atoms with Crippen molar-refractivity contribution >= 4 is 5.97 Å². The maximum absolute atomic E-state index is 11.6. The summed E-state index contributed by atoms with van der Waals surface area (Å²) in [6, 6.07) is 0. The number of hydrogen-bond acceptors (Lipinski definition) is 4. The molecule has 2 aliphatic rings. The van der Waals surface area contributed by atoms with E-state index in [-0.39, 0.29) is 11.8 Å². The maximum Gasteiger partial charge on any atom is 0.358 e. The van der Waals surface area contributed by atoms with Crippen molar-refractivity contribution in [3.05, 3.63) is 11.9 Å². The van der Waals surface area contributed by atoms with E-state index < -0.39 is 5.97 Å². The molecule has 1 N–H and O–H groups in total. The van der Waals surface area contributed by atoms with Crippen molar-refractivity contribution in [2.45, 2.75) is 57.6 Å². The van der Waals surface area contributed by atoms with Gasteiger partial charge < -0.3 is 14.6 Å². The summed E-state index contributed by atoms with van der Waals surface area (Å²) in [5.74, 6) is -0.231. The van der Waals surface area contributed by atoms with E-state index in [2.05, 4.69) is 5.10 Å². The lowest BCUT2D eigenvalue weighted by Crippen LogP contribution is -2.25. The van der Waals surface area contributed by atoms with Crippen LogP contribution in [0.3, 0.4) is 0 Å². The average Bonchev–Trinajstić information content (AvgIpc) is 2.92. The Hall–Kier alpha value is -1.56. The highest BCUT2D eigenvalue weighted by Crippen LogP contribution is 2.27. The van der Waals surface area contributed by atoms with Gasteiger partial charge in [-0.2, -0.15) is 5.10 Å². The van der Waals surface area contributed by atoms with Crippen molar-refractivity contribution in [2.24, 2.45) is 5.92 Å². The summed E-state index contributed by atoms with van der Waals surface area (Å²) in [4.78, 5) is 11.6. The molecule has 1 atom stereocenters. The van der Waals surface area contributed by atoms with Gasteiger partial charge in [-0.1, -0.05) is 6.42 Å². The second kappa shape index (κ2) is 7.13. The van der Waals surface area contributed by atoms with E-state index in [1.54, 1.807) is 10.9 Å². The Balaban J connectivity index is 1.71. The summed E-state index contributed by atoms with van der Waals surface area (Å²) >= 11 is 0. The van der Waals surface area contributed by atoms with Gasteiger partial charge in [-0.05, 0) is 38.5 Å². The van der Waals surface area contributed by atoms with Crippen LogP contribution in [0.25, 0.3) is 0 Å². The molecule has 1 saturated carbocycles. The van der Waals surface area contributed by atoms with E-state index in [4.69, 9.17) is 9.47 Å². The van der Waals surface area contributed by atoms with Crippen molar-refractivity contribution in [1.82, 2.24) is 9.78 Å². The SMILES string of the molecule is O=C(O)c1c(OC2CCCCC2)cnn1CC1CCCOC1. The van der Waals surface area contributed by atoms with Gasteiger partial charge in [0.2, 0.25) is 0 Å². The molecule has 122 valence electrons. The molecule has 6 nitrogen and oxygen atoms in total. The second-order valence-corrected chi connectivity index (χ2v) is 6.31. The summed E-state index contributed by atoms with van der Waals surface area (Å²) in [7, 11) is 0. The fraction of sp³-hybridized carbons (Fsp3) is 0.750. The monoisotopic (exact) mass is 308 g/mol. The Bertz CT molecular complexity index is 465. The van der Waals surface area contributed by atoms with Crippen molar-refractivity contribution in [3.8, 4) is 5.75 Å². The summed E-state index contributed by atoms with van der Waals surface area (Å²) < 4.78 is 13.0. The quantitative estimate of drug-likeness (QED) is 0.905. The number of ether oxygens (including phenoxy) is 2. The van der Waals surface area contributed by atoms with Gasteiger partial charge >= 0.3 is 5.97 Å². The van der Waals surface area contributed by atoms with Gasteiger partial charge in [0, 0.05) is 19.1 Å². The smallest absolute Gasteiger partial charge is 0.358 e. The third-order valence-electron chi connectivity index (χ3n) is 4.54. The van der Waals surface area contributed by atoms with Crippen LogP contribution in [-0.2, 0) is 11.3 Å². The Morgan fingerprint density at radius 1 is 1.32 bits per heavy atom. The first-order valence-electron chi connectivity index (χ1n) is 8.27. The second-order valence-electron chi connectivity index (χ2n) is 6.31. The fourth-order valence-electron chi connectivity index (χ4n) is 3.37. The zero-order valence-corrected chi connectivity index (χ0v) is 12.9. The van der Waals surface area contributed by atoms with E-state index >= 15 is 0 Å². The predicted octanol–water partition coefficient (Wildman–Crippen LogP) is 2.72. The van der Waals surface area contributed by atoms with Gasteiger partial charge in [0.05, 0.1) is 18.9 Å². The van der Waals surface area contributed by atoms with Crippen LogP contribution in [-0.4, -0.2) is 40.2 Å². The standard InChI is InChI=1S/C16H24N2O4/c19-16(20)15-14(22-13-6-2-1-3-7-13)9-17-18(15)10-12-5-4-8-21-11-12/h9,12-13H,1-8,10-11H2,(H,19,20). The van der Waals surface area contributed by atoms with Crippen LogP contribution in [0.4, 0.5) is 0 Å². The Morgan fingerprint density at radius 2 is 2.14 bits per heavy atom. The summed E-state index contributed by atoms with van der Waals surface area (Å²) in [6.45, 7) is 2.06. The average molecular weight is 308 g/mol. The minimum absolute atomic E-state index is 0.127. The van der Waals surface area contributed by atoms with Crippen LogP contribution in [0.1, 0.15) is 55.4 Å². The molecule has 1 unspecified atom stereocenters. The molecule has 2 fully saturated rings. The van der Waals surface area contributed by atoms with Crippen LogP contribution in [0.15, 0.2) is 6.20 Å². The van der Waals surface area contributed by atoms with Gasteiger partial charge in [-0.3, -0.25) is 4.68 Å². The molecule has 0 spiro atoms. The predicted molar refractivity (Wildman–Crippen MR) is 80.2 cm³/mol. The first-order valence-corrected chi connectivity index (χ1v) is 8.27. The Kier molecular flexibility index (Phi) is 4.97. The number of rotatable bonds is 5. The van der Waals surface area contributed by atoms with Crippen LogP contribution in [0.2, 0.25) is 0 Å². The van der Waals surface area contributed by atoms with Crippen LogP contribution in [0, 0.1) is 5.92 Å². The van der Waals surface area contributed by atoms with Crippen molar-refractivity contribution < 1.29 is 19.4 Å². The van der Waals surface area contributed by atoms with Gasteiger partial charge in [0.1, 0.15) is 0 Å². The number of aromatic nitrogens is 2. The first-order chi connectivity index (χ1) is 10.7. The third kappa shape index (κ3) is 3.61. The highest BCUT2D eigenvalue weighted by atomic mass is 16.5. The number of nitrogens with zero attached hydrogens (tertiary/aromatic N) is 2. The molecule has 22 heavy (non-hydrogen) atoms. The number of carbonyl (C=O) groups is 1. The molecule has 0 bridgehead atoms. The summed E-state index contributed by atoms with van der Waals surface area (Å²) in [5, 5.41) is 13.8. The third-order valence-corrected chi connectivity index (χ3v) is 4.54. The lowest BCUT2D eigenvalue weighted by Gasteiger charge is -2.23. The van der Waals surface area contributed by atoms with E-state index in [0.717, 1.165) is 45.1 Å². The summed E-state index contributed by atoms with van der Waals surface area (Å²) in [6.07, 6.45) is 9.32. The van der Waals surface area contributed by atoms with Crippen LogP contribution >= 0.6 is 0 Å². The van der Waals surface area contributed by atoms with Crippen LogP contribution in [0.5, 0.6) is 5.75 Å². The molecule has 0 amide bonds. The zero-order valence-electron chi connectivity index (χ0n) is 12.9. The molecule has 0 aromatic carbocycles. The molecule has 2 heterocycles. The minimum Gasteiger partial charge on any atom is -0.486 e. The topological polar surface area (TPSA) is 73.6 Å². The van der Waals surface area contributed by atoms with Crippen molar-refractivity contribution in [3.63, 3.8) is 0 Å². The molecule has 1 aromatic rings. The molecule has 1 saturated heterocycles. The van der Waals surface area contributed by atoms with E-state index in [0.29, 0.717) is 24.8 Å². The van der Waals surface area contributed by atoms with E-state index in [9.17, 15) is 9.90 Å². The first kappa shape index (κ1) is 15.3. The Morgan fingerprint density at radius 3 is 2.82 bits per heavy atom. The van der Waals surface area contributed by atoms with E-state index in [1.807, 2.05) is 0 Å². The molecule has 0 radical (unpaired) electrons. The lowest BCUT2D eigenvalue weighted by molar-refractivity contribution is 0.0453. The number of carboxylic acid groups (broad SMARTS) is 1. The highest BCUT2D eigenvalue weighted by molar-refractivity contribution is 5.88. The molecule has 3 rings (SSSR count). The summed E-state index contributed by atoms with van der Waals surface area (Å²) in [5.41, 5.74) is 0.177. The lowest BCUT2D eigenvalue weighted by atomic mass is 9.98. The minimum atomic E-state index is -0.972. The van der Waals surface area contributed by atoms with Crippen LogP contribution < -0.4 is 4.74 Å². The zero-order chi connectivity index (χ0) is 15.4. The fourth-order valence-corrected chi connectivity index (χ4v) is 3.37. The van der Waals surface area contributed by atoms with Crippen molar-refractivity contribution in [1.29, 1.82) is 0 Å². The molecule has 1 aliphatic heterocycles.